The summed E-state index contributed by atoms with van der Waals surface area (Å²) in [5, 5.41) is 11.9. The van der Waals surface area contributed by atoms with Crippen molar-refractivity contribution in [2.75, 3.05) is 0 Å². The number of nitrogens with zero attached hydrogens (tertiary/aromatic N) is 1. The maximum atomic E-state index is 2.52. The molecule has 0 atom stereocenters. The summed E-state index contributed by atoms with van der Waals surface area (Å²) in [6.07, 6.45) is 6.83. The van der Waals surface area contributed by atoms with Crippen molar-refractivity contribution < 1.29 is 0 Å². The molecule has 1 aliphatic rings. The second kappa shape index (κ2) is 9.16. The minimum absolute atomic E-state index is 1.07. The first kappa shape index (κ1) is 24.3. The van der Waals surface area contributed by atoms with Crippen LogP contribution >= 0.6 is 11.3 Å². The first-order chi connectivity index (χ1) is 21.8. The third-order valence-corrected chi connectivity index (χ3v) is 10.9. The van der Waals surface area contributed by atoms with E-state index in [1.54, 1.807) is 0 Å². The van der Waals surface area contributed by atoms with Crippen LogP contribution in [0.3, 0.4) is 0 Å². The maximum Gasteiger partial charge on any atom is 0.0640 e. The third-order valence-electron chi connectivity index (χ3n) is 9.65. The third kappa shape index (κ3) is 3.35. The molecule has 1 aliphatic carbocycles. The summed E-state index contributed by atoms with van der Waals surface area (Å²) in [5.74, 6) is 0. The number of hydrogen-bond acceptors (Lipinski definition) is 1. The van der Waals surface area contributed by atoms with Crippen LogP contribution in [0.5, 0.6) is 0 Å². The summed E-state index contributed by atoms with van der Waals surface area (Å²) >= 11 is 1.90. The zero-order chi connectivity index (χ0) is 28.8. The largest absolute Gasteiger partial charge is 0.308 e. The maximum absolute atomic E-state index is 2.52. The summed E-state index contributed by atoms with van der Waals surface area (Å²) in [6, 6.07) is 47.4. The van der Waals surface area contributed by atoms with E-state index in [-0.39, 0.29) is 0 Å². The van der Waals surface area contributed by atoms with Crippen LogP contribution in [0.1, 0.15) is 17.7 Å². The zero-order valence-electron chi connectivity index (χ0n) is 24.0. The number of aryl methyl sites for hydroxylation is 1. The standard InChI is InChI=1S/C42H27NS/c1-2-12-30-28(10-1)29-11-3-4-13-31(29)36-24-26(20-22-32(30)36)27-21-23-39-37(25-27)33-14-5-7-17-38(33)43(39)40-18-9-16-35-34-15-6-8-19-41(34)44-42(35)40/h1-4,6-13,15-25H,5,14H2. The molecule has 206 valence electrons. The van der Waals surface area contributed by atoms with Crippen molar-refractivity contribution in [3.8, 4) is 16.8 Å². The number of fused-ring (bicyclic) bond motifs is 12. The Bertz CT molecular complexity index is 2630. The molecule has 10 rings (SSSR count). The number of aromatic nitrogens is 1. The average Bonchev–Trinajstić information content (AvgIpc) is 3.64. The van der Waals surface area contributed by atoms with E-state index >= 15 is 0 Å². The van der Waals surface area contributed by atoms with Gasteiger partial charge in [0.05, 0.1) is 15.9 Å². The molecule has 2 aromatic heterocycles. The van der Waals surface area contributed by atoms with Crippen molar-refractivity contribution in [1.82, 2.24) is 4.57 Å². The average molecular weight is 578 g/mol. The Kier molecular flexibility index (Phi) is 5.05. The number of hydrogen-bond donors (Lipinski definition) is 0. The summed E-state index contributed by atoms with van der Waals surface area (Å²) in [7, 11) is 0. The second-order valence-corrected chi connectivity index (χ2v) is 13.0. The highest BCUT2D eigenvalue weighted by molar-refractivity contribution is 7.26. The molecule has 0 saturated carbocycles. The van der Waals surface area contributed by atoms with Gasteiger partial charge in [0.25, 0.3) is 0 Å². The fourth-order valence-corrected chi connectivity index (χ4v) is 8.88. The van der Waals surface area contributed by atoms with Crippen LogP contribution in [0, 0.1) is 0 Å². The van der Waals surface area contributed by atoms with Crippen molar-refractivity contribution >= 4 is 80.8 Å². The highest BCUT2D eigenvalue weighted by Gasteiger charge is 2.21. The lowest BCUT2D eigenvalue weighted by atomic mass is 9.91. The molecule has 0 unspecified atom stereocenters. The minimum atomic E-state index is 1.07. The van der Waals surface area contributed by atoms with Gasteiger partial charge < -0.3 is 4.57 Å². The molecular weight excluding hydrogens is 551 g/mol. The predicted molar refractivity (Wildman–Crippen MR) is 191 cm³/mol. The summed E-state index contributed by atoms with van der Waals surface area (Å²) < 4.78 is 5.21. The minimum Gasteiger partial charge on any atom is -0.308 e. The van der Waals surface area contributed by atoms with Gasteiger partial charge in [-0.2, -0.15) is 0 Å². The lowest BCUT2D eigenvalue weighted by Gasteiger charge is -2.13. The van der Waals surface area contributed by atoms with Crippen LogP contribution in [0.2, 0.25) is 0 Å². The van der Waals surface area contributed by atoms with E-state index in [9.17, 15) is 0 Å². The number of thiophene rings is 1. The molecule has 44 heavy (non-hydrogen) atoms. The lowest BCUT2D eigenvalue weighted by molar-refractivity contribution is 0.970. The molecule has 2 heterocycles. The number of benzene rings is 7. The first-order valence-corrected chi connectivity index (χ1v) is 16.2. The van der Waals surface area contributed by atoms with Gasteiger partial charge in [-0.25, -0.2) is 0 Å². The summed E-state index contributed by atoms with van der Waals surface area (Å²) in [5.41, 5.74) is 7.88. The molecule has 0 aliphatic heterocycles. The molecule has 0 fully saturated rings. The van der Waals surface area contributed by atoms with Crippen LogP contribution in [0.4, 0.5) is 0 Å². The Morgan fingerprint density at radius 2 is 1.11 bits per heavy atom. The molecule has 9 aromatic rings. The Morgan fingerprint density at radius 3 is 1.89 bits per heavy atom. The Labute approximate surface area is 258 Å². The van der Waals surface area contributed by atoms with E-state index in [0.29, 0.717) is 0 Å². The summed E-state index contributed by atoms with van der Waals surface area (Å²) in [6.45, 7) is 0. The van der Waals surface area contributed by atoms with Crippen LogP contribution in [-0.4, -0.2) is 4.57 Å². The Hall–Kier alpha value is -5.18. The van der Waals surface area contributed by atoms with E-state index < -0.39 is 0 Å². The molecule has 0 amide bonds. The van der Waals surface area contributed by atoms with Gasteiger partial charge in [0.1, 0.15) is 0 Å². The monoisotopic (exact) mass is 577 g/mol. The molecule has 1 nitrogen and oxygen atoms in total. The zero-order valence-corrected chi connectivity index (χ0v) is 24.9. The quantitative estimate of drug-likeness (QED) is 0.180. The smallest absolute Gasteiger partial charge is 0.0640 e. The van der Waals surface area contributed by atoms with Crippen LogP contribution in [0.15, 0.2) is 133 Å². The van der Waals surface area contributed by atoms with Gasteiger partial charge in [-0.05, 0) is 98.3 Å². The van der Waals surface area contributed by atoms with Crippen molar-refractivity contribution in [3.63, 3.8) is 0 Å². The lowest BCUT2D eigenvalue weighted by Crippen LogP contribution is -2.00. The fraction of sp³-hybridized carbons (Fsp3) is 0.0476. The van der Waals surface area contributed by atoms with Crippen molar-refractivity contribution in [1.29, 1.82) is 0 Å². The van der Waals surface area contributed by atoms with Gasteiger partial charge in [-0.15, -0.1) is 11.3 Å². The van der Waals surface area contributed by atoms with Gasteiger partial charge in [0, 0.05) is 26.6 Å². The van der Waals surface area contributed by atoms with Gasteiger partial charge in [-0.3, -0.25) is 0 Å². The van der Waals surface area contributed by atoms with Gasteiger partial charge >= 0.3 is 0 Å². The van der Waals surface area contributed by atoms with Crippen molar-refractivity contribution in [2.24, 2.45) is 0 Å². The van der Waals surface area contributed by atoms with E-state index in [4.69, 9.17) is 0 Å². The van der Waals surface area contributed by atoms with Gasteiger partial charge in [0.15, 0.2) is 0 Å². The SMILES string of the molecule is C1=Cc2c(c3cc(-c4ccc5c6ccccc6c6ccccc6c5c4)ccc3n2-c2cccc3c2sc2ccccc23)CC1. The molecule has 0 spiro atoms. The van der Waals surface area contributed by atoms with Crippen LogP contribution < -0.4 is 0 Å². The molecule has 0 saturated heterocycles. The molecule has 7 aromatic carbocycles. The number of allylic oxidation sites excluding steroid dienone is 1. The van der Waals surface area contributed by atoms with Gasteiger partial charge in [-0.1, -0.05) is 103 Å². The van der Waals surface area contributed by atoms with E-state index in [0.717, 1.165) is 12.8 Å². The molecule has 0 N–H and O–H groups in total. The van der Waals surface area contributed by atoms with E-state index in [2.05, 4.69) is 144 Å². The number of rotatable bonds is 2. The van der Waals surface area contributed by atoms with Crippen molar-refractivity contribution in [2.45, 2.75) is 12.8 Å². The fourth-order valence-electron chi connectivity index (χ4n) is 7.67. The molecule has 2 heteroatoms. The van der Waals surface area contributed by atoms with Crippen LogP contribution in [-0.2, 0) is 6.42 Å². The molecular formula is C42H27NS. The second-order valence-electron chi connectivity index (χ2n) is 12.0. The Balaban J connectivity index is 1.22. The highest BCUT2D eigenvalue weighted by Crippen LogP contribution is 2.43. The normalized spacial score (nSPS) is 13.2. The van der Waals surface area contributed by atoms with Crippen LogP contribution in [0.25, 0.3) is 86.3 Å². The molecule has 0 radical (unpaired) electrons. The predicted octanol–water partition coefficient (Wildman–Crippen LogP) is 12.1. The highest BCUT2D eigenvalue weighted by atomic mass is 32.1. The van der Waals surface area contributed by atoms with E-state index in [1.807, 2.05) is 11.3 Å². The Morgan fingerprint density at radius 1 is 0.500 bits per heavy atom. The first-order valence-electron chi connectivity index (χ1n) is 15.4. The summed E-state index contributed by atoms with van der Waals surface area (Å²) in [4.78, 5) is 0. The van der Waals surface area contributed by atoms with Crippen molar-refractivity contribution in [3.05, 3.63) is 145 Å². The van der Waals surface area contributed by atoms with Gasteiger partial charge in [0.2, 0.25) is 0 Å². The molecule has 0 bridgehead atoms. The topological polar surface area (TPSA) is 4.93 Å². The van der Waals surface area contributed by atoms with E-state index in [1.165, 1.54) is 91.5 Å².